The lowest BCUT2D eigenvalue weighted by Crippen LogP contribution is -1.95. The number of hydrogen-bond acceptors (Lipinski definition) is 4. The summed E-state index contributed by atoms with van der Waals surface area (Å²) < 4.78 is 0.968. The van der Waals surface area contributed by atoms with Gasteiger partial charge >= 0.3 is 0 Å². The van der Waals surface area contributed by atoms with Gasteiger partial charge in [0.1, 0.15) is 17.4 Å². The van der Waals surface area contributed by atoms with Gasteiger partial charge in [-0.1, -0.05) is 18.2 Å². The minimum Gasteiger partial charge on any atom is -0.427 e. The molecular formula is C10H8N4O. The molecule has 0 unspecified atom stereocenters. The Morgan fingerprint density at radius 1 is 1.27 bits per heavy atom. The molecular weight excluding hydrogens is 192 g/mol. The van der Waals surface area contributed by atoms with E-state index >= 15 is 0 Å². The normalized spacial score (nSPS) is 11.2. The first-order valence-corrected chi connectivity index (χ1v) is 4.48. The van der Waals surface area contributed by atoms with Crippen LogP contribution in [0.5, 0.6) is 0 Å². The zero-order valence-electron chi connectivity index (χ0n) is 7.75. The van der Waals surface area contributed by atoms with E-state index in [1.807, 2.05) is 24.3 Å². The average molecular weight is 200 g/mol. The topological polar surface area (TPSA) is 77.0 Å². The molecule has 0 atom stereocenters. The number of para-hydroxylation sites is 1. The number of benzene rings is 1. The number of hydrogen-bond donors (Lipinski definition) is 2. The number of nitrogen functional groups attached to an aromatic ring is 1. The fraction of sp³-hybridized carbons (Fsp3) is 0. The van der Waals surface area contributed by atoms with Crippen LogP contribution in [0.1, 0.15) is 0 Å². The maximum absolute atomic E-state index is 9.60. The molecule has 0 spiro atoms. The van der Waals surface area contributed by atoms with E-state index in [2.05, 4.69) is 9.97 Å². The summed E-state index contributed by atoms with van der Waals surface area (Å²) >= 11 is 0. The Bertz CT molecular complexity index is 659. The van der Waals surface area contributed by atoms with E-state index in [1.54, 1.807) is 0 Å². The molecule has 3 rings (SSSR count). The lowest BCUT2D eigenvalue weighted by atomic mass is 10.2. The van der Waals surface area contributed by atoms with Gasteiger partial charge in [0.25, 0.3) is 0 Å². The van der Waals surface area contributed by atoms with E-state index in [4.69, 9.17) is 5.73 Å². The number of nitrogens with zero attached hydrogens (tertiary/aromatic N) is 3. The predicted octanol–water partition coefficient (Wildman–Crippen LogP) is 1.40. The van der Waals surface area contributed by atoms with Crippen LogP contribution >= 0.6 is 0 Å². The minimum atomic E-state index is 0.330. The SMILES string of the molecule is Nc1nc2ccccc2c2c1ncn2O. The van der Waals surface area contributed by atoms with Gasteiger partial charge in [0, 0.05) is 5.39 Å². The maximum Gasteiger partial charge on any atom is 0.152 e. The molecule has 5 heteroatoms. The van der Waals surface area contributed by atoms with Crippen molar-refractivity contribution >= 4 is 27.8 Å². The highest BCUT2D eigenvalue weighted by molar-refractivity contribution is 6.05. The summed E-state index contributed by atoms with van der Waals surface area (Å²) in [6, 6.07) is 7.47. The molecule has 0 aliphatic carbocycles. The fourth-order valence-electron chi connectivity index (χ4n) is 1.73. The van der Waals surface area contributed by atoms with Gasteiger partial charge in [-0.3, -0.25) is 0 Å². The van der Waals surface area contributed by atoms with Crippen LogP contribution in [0, 0.1) is 0 Å². The van der Waals surface area contributed by atoms with Crippen LogP contribution < -0.4 is 5.73 Å². The van der Waals surface area contributed by atoms with Crippen molar-refractivity contribution in [3.8, 4) is 0 Å². The van der Waals surface area contributed by atoms with Gasteiger partial charge in [0.2, 0.25) is 0 Å². The molecule has 0 saturated carbocycles. The van der Waals surface area contributed by atoms with E-state index < -0.39 is 0 Å². The third kappa shape index (κ3) is 0.969. The Kier molecular flexibility index (Phi) is 1.39. The van der Waals surface area contributed by atoms with Gasteiger partial charge in [-0.2, -0.15) is 4.73 Å². The van der Waals surface area contributed by atoms with Gasteiger partial charge in [0.05, 0.1) is 5.52 Å². The largest absolute Gasteiger partial charge is 0.427 e. The first-order valence-electron chi connectivity index (χ1n) is 4.48. The van der Waals surface area contributed by atoms with Gasteiger partial charge < -0.3 is 10.9 Å². The second-order valence-corrected chi connectivity index (χ2v) is 3.30. The Balaban J connectivity index is 2.67. The molecule has 0 bridgehead atoms. The van der Waals surface area contributed by atoms with Crippen molar-refractivity contribution in [1.29, 1.82) is 0 Å². The second kappa shape index (κ2) is 2.60. The van der Waals surface area contributed by atoms with Crippen molar-refractivity contribution < 1.29 is 5.21 Å². The minimum absolute atomic E-state index is 0.330. The number of fused-ring (bicyclic) bond motifs is 3. The second-order valence-electron chi connectivity index (χ2n) is 3.30. The van der Waals surface area contributed by atoms with Crippen LogP contribution in [0.25, 0.3) is 21.9 Å². The highest BCUT2D eigenvalue weighted by Crippen LogP contribution is 2.25. The number of nitrogens with two attached hydrogens (primary N) is 1. The first kappa shape index (κ1) is 8.05. The number of pyridine rings is 1. The van der Waals surface area contributed by atoms with Crippen LogP contribution in [-0.4, -0.2) is 19.9 Å². The molecule has 5 nitrogen and oxygen atoms in total. The van der Waals surface area contributed by atoms with Crippen LogP contribution in [0.3, 0.4) is 0 Å². The van der Waals surface area contributed by atoms with Gasteiger partial charge in [-0.25, -0.2) is 9.97 Å². The number of imidazole rings is 1. The van der Waals surface area contributed by atoms with Gasteiger partial charge in [-0.15, -0.1) is 0 Å². The number of aromatic nitrogens is 3. The van der Waals surface area contributed by atoms with Crippen LogP contribution in [0.4, 0.5) is 5.82 Å². The average Bonchev–Trinajstić information content (AvgIpc) is 2.62. The van der Waals surface area contributed by atoms with E-state index in [0.29, 0.717) is 16.9 Å². The van der Waals surface area contributed by atoms with E-state index in [0.717, 1.165) is 15.6 Å². The van der Waals surface area contributed by atoms with Gasteiger partial charge in [-0.05, 0) is 6.07 Å². The Labute approximate surface area is 84.7 Å². The molecule has 15 heavy (non-hydrogen) atoms. The molecule has 0 aliphatic heterocycles. The molecule has 2 aromatic heterocycles. The molecule has 0 saturated heterocycles. The summed E-state index contributed by atoms with van der Waals surface area (Å²) in [6.07, 6.45) is 1.31. The van der Waals surface area contributed by atoms with Crippen molar-refractivity contribution in [2.75, 3.05) is 5.73 Å². The highest BCUT2D eigenvalue weighted by atomic mass is 16.5. The van der Waals surface area contributed by atoms with Gasteiger partial charge in [0.15, 0.2) is 5.82 Å². The number of anilines is 1. The van der Waals surface area contributed by atoms with Crippen LogP contribution in [0.2, 0.25) is 0 Å². The molecule has 2 heterocycles. The maximum atomic E-state index is 9.60. The molecule has 0 fully saturated rings. The van der Waals surface area contributed by atoms with Crippen LogP contribution in [0.15, 0.2) is 30.6 Å². The fourth-order valence-corrected chi connectivity index (χ4v) is 1.73. The smallest absolute Gasteiger partial charge is 0.152 e. The van der Waals surface area contributed by atoms with Crippen molar-refractivity contribution in [2.45, 2.75) is 0 Å². The molecule has 3 N–H and O–H groups in total. The summed E-state index contributed by atoms with van der Waals surface area (Å²) in [4.78, 5) is 8.20. The quantitative estimate of drug-likeness (QED) is 0.538. The third-order valence-electron chi connectivity index (χ3n) is 2.39. The predicted molar refractivity (Wildman–Crippen MR) is 56.6 cm³/mol. The molecule has 0 aliphatic rings. The van der Waals surface area contributed by atoms with Crippen LogP contribution in [-0.2, 0) is 0 Å². The summed E-state index contributed by atoms with van der Waals surface area (Å²) in [5.41, 5.74) is 7.61. The van der Waals surface area contributed by atoms with Crippen molar-refractivity contribution in [1.82, 2.24) is 14.7 Å². The first-order chi connectivity index (χ1) is 7.27. The highest BCUT2D eigenvalue weighted by Gasteiger charge is 2.10. The zero-order valence-corrected chi connectivity index (χ0v) is 7.75. The van der Waals surface area contributed by atoms with E-state index in [9.17, 15) is 5.21 Å². The van der Waals surface area contributed by atoms with E-state index in [-0.39, 0.29) is 0 Å². The van der Waals surface area contributed by atoms with Crippen molar-refractivity contribution in [2.24, 2.45) is 0 Å². The van der Waals surface area contributed by atoms with E-state index in [1.165, 1.54) is 6.33 Å². The third-order valence-corrected chi connectivity index (χ3v) is 2.39. The lowest BCUT2D eigenvalue weighted by Gasteiger charge is -2.01. The lowest BCUT2D eigenvalue weighted by molar-refractivity contribution is 0.198. The molecule has 0 amide bonds. The standard InChI is InChI=1S/C10H8N4O/c11-10-8-9(14(15)5-12-8)6-3-1-2-4-7(6)13-10/h1-5,15H,(H2,11,13). The van der Waals surface area contributed by atoms with Crippen molar-refractivity contribution in [3.63, 3.8) is 0 Å². The Morgan fingerprint density at radius 3 is 2.93 bits per heavy atom. The molecule has 74 valence electrons. The molecule has 1 aromatic carbocycles. The summed E-state index contributed by atoms with van der Waals surface area (Å²) in [6.45, 7) is 0. The van der Waals surface area contributed by atoms with Crippen molar-refractivity contribution in [3.05, 3.63) is 30.6 Å². The Morgan fingerprint density at radius 2 is 2.07 bits per heavy atom. The zero-order chi connectivity index (χ0) is 10.4. The number of rotatable bonds is 0. The summed E-state index contributed by atoms with van der Waals surface area (Å²) in [7, 11) is 0. The molecule has 0 radical (unpaired) electrons. The molecule has 3 aromatic rings. The Hall–Kier alpha value is -2.30. The summed E-state index contributed by atoms with van der Waals surface area (Å²) in [5, 5.41) is 10.4. The monoisotopic (exact) mass is 200 g/mol. The summed E-state index contributed by atoms with van der Waals surface area (Å²) in [5.74, 6) is 0.330.